The molecule has 0 unspecified atom stereocenters. The highest BCUT2D eigenvalue weighted by molar-refractivity contribution is 5.55. The second kappa shape index (κ2) is 8.63. The van der Waals surface area contributed by atoms with Crippen LogP contribution in [0.1, 0.15) is 44.9 Å². The molecular formula is C19H27N3O. The van der Waals surface area contributed by atoms with Crippen molar-refractivity contribution in [3.8, 4) is 11.4 Å². The van der Waals surface area contributed by atoms with Gasteiger partial charge >= 0.3 is 0 Å². The highest BCUT2D eigenvalue weighted by Crippen LogP contribution is 2.16. The van der Waals surface area contributed by atoms with E-state index in [2.05, 4.69) is 47.8 Å². The smallest absolute Gasteiger partial charge is 0.251 e. The van der Waals surface area contributed by atoms with Crippen molar-refractivity contribution in [3.63, 3.8) is 0 Å². The van der Waals surface area contributed by atoms with Gasteiger partial charge in [0.05, 0.1) is 0 Å². The van der Waals surface area contributed by atoms with E-state index in [1.807, 2.05) is 12.1 Å². The number of rotatable bonds is 8. The van der Waals surface area contributed by atoms with Gasteiger partial charge in [-0.3, -0.25) is 9.69 Å². The van der Waals surface area contributed by atoms with E-state index in [1.165, 1.54) is 5.56 Å². The molecule has 2 aromatic rings. The van der Waals surface area contributed by atoms with Crippen LogP contribution in [0.3, 0.4) is 0 Å². The molecule has 23 heavy (non-hydrogen) atoms. The second-order valence-electron chi connectivity index (χ2n) is 5.85. The van der Waals surface area contributed by atoms with E-state index in [9.17, 15) is 4.79 Å². The summed E-state index contributed by atoms with van der Waals surface area (Å²) in [5.41, 5.74) is 3.04. The molecule has 0 aliphatic carbocycles. The average molecular weight is 313 g/mol. The molecule has 124 valence electrons. The second-order valence-corrected chi connectivity index (χ2v) is 5.85. The molecule has 0 spiro atoms. The van der Waals surface area contributed by atoms with E-state index in [4.69, 9.17) is 0 Å². The summed E-state index contributed by atoms with van der Waals surface area (Å²) in [6.07, 6.45) is 3.01. The third-order valence-corrected chi connectivity index (χ3v) is 4.11. The summed E-state index contributed by atoms with van der Waals surface area (Å²) in [6.45, 7) is 9.54. The van der Waals surface area contributed by atoms with Gasteiger partial charge in [0.1, 0.15) is 5.82 Å². The number of aromatic amines is 1. The van der Waals surface area contributed by atoms with Crippen LogP contribution in [-0.4, -0.2) is 28.0 Å². The van der Waals surface area contributed by atoms with Gasteiger partial charge in [0, 0.05) is 23.9 Å². The minimum atomic E-state index is -0.0756. The molecule has 0 atom stereocenters. The van der Waals surface area contributed by atoms with Crippen molar-refractivity contribution in [1.82, 2.24) is 14.9 Å². The Bertz CT molecular complexity index is 657. The molecule has 1 aromatic carbocycles. The van der Waals surface area contributed by atoms with Crippen LogP contribution >= 0.6 is 0 Å². The van der Waals surface area contributed by atoms with Crippen molar-refractivity contribution in [2.24, 2.45) is 0 Å². The van der Waals surface area contributed by atoms with Crippen molar-refractivity contribution in [2.75, 3.05) is 13.1 Å². The standard InChI is InChI=1S/C19H27N3O/c1-4-7-8-17-13-18(23)21-19(20-17)16-11-9-15(10-12-16)14-22(5-2)6-3/h9-13H,4-8,14H2,1-3H3,(H,20,21,23). The molecule has 0 aliphatic rings. The number of nitrogens with zero attached hydrogens (tertiary/aromatic N) is 2. The first kappa shape index (κ1) is 17.4. The van der Waals surface area contributed by atoms with E-state index in [0.29, 0.717) is 5.82 Å². The van der Waals surface area contributed by atoms with Crippen molar-refractivity contribution < 1.29 is 0 Å². The monoisotopic (exact) mass is 313 g/mol. The third-order valence-electron chi connectivity index (χ3n) is 4.11. The lowest BCUT2D eigenvalue weighted by molar-refractivity contribution is 0.296. The first-order valence-corrected chi connectivity index (χ1v) is 8.58. The fourth-order valence-corrected chi connectivity index (χ4v) is 2.60. The van der Waals surface area contributed by atoms with E-state index >= 15 is 0 Å². The Labute approximate surface area is 138 Å². The number of unbranched alkanes of at least 4 members (excludes halogenated alkanes) is 1. The maximum absolute atomic E-state index is 11.8. The van der Waals surface area contributed by atoms with Gasteiger partial charge in [-0.1, -0.05) is 51.5 Å². The van der Waals surface area contributed by atoms with Gasteiger partial charge in [-0.15, -0.1) is 0 Å². The van der Waals surface area contributed by atoms with Crippen LogP contribution in [-0.2, 0) is 13.0 Å². The number of hydrogen-bond acceptors (Lipinski definition) is 3. The molecule has 0 saturated heterocycles. The predicted octanol–water partition coefficient (Wildman–Crippen LogP) is 3.62. The molecule has 0 saturated carbocycles. The van der Waals surface area contributed by atoms with Crippen LogP contribution in [0.2, 0.25) is 0 Å². The lowest BCUT2D eigenvalue weighted by Crippen LogP contribution is -2.22. The molecule has 1 aromatic heterocycles. The van der Waals surface area contributed by atoms with E-state index in [-0.39, 0.29) is 5.56 Å². The number of H-pyrrole nitrogens is 1. The van der Waals surface area contributed by atoms with Crippen LogP contribution in [0.25, 0.3) is 11.4 Å². The van der Waals surface area contributed by atoms with E-state index in [1.54, 1.807) is 6.07 Å². The topological polar surface area (TPSA) is 49.0 Å². The Kier molecular flexibility index (Phi) is 6.53. The molecule has 4 heteroatoms. The number of benzene rings is 1. The number of aryl methyl sites for hydroxylation is 1. The summed E-state index contributed by atoms with van der Waals surface area (Å²) in [7, 11) is 0. The Balaban J connectivity index is 2.18. The normalized spacial score (nSPS) is 11.1. The lowest BCUT2D eigenvalue weighted by atomic mass is 10.1. The molecule has 4 nitrogen and oxygen atoms in total. The fourth-order valence-electron chi connectivity index (χ4n) is 2.60. The average Bonchev–Trinajstić information content (AvgIpc) is 2.58. The van der Waals surface area contributed by atoms with Crippen molar-refractivity contribution in [1.29, 1.82) is 0 Å². The van der Waals surface area contributed by atoms with Crippen molar-refractivity contribution in [3.05, 3.63) is 51.9 Å². The largest absolute Gasteiger partial charge is 0.307 e. The summed E-state index contributed by atoms with van der Waals surface area (Å²) in [5.74, 6) is 0.665. The SMILES string of the molecule is CCCCc1cc(=O)[nH]c(-c2ccc(CN(CC)CC)cc2)n1. The lowest BCUT2D eigenvalue weighted by Gasteiger charge is -2.18. The first-order valence-electron chi connectivity index (χ1n) is 8.58. The Morgan fingerprint density at radius 3 is 2.39 bits per heavy atom. The Morgan fingerprint density at radius 2 is 1.78 bits per heavy atom. The number of nitrogens with one attached hydrogen (secondary N) is 1. The Hall–Kier alpha value is -1.94. The Morgan fingerprint density at radius 1 is 1.09 bits per heavy atom. The summed E-state index contributed by atoms with van der Waals surface area (Å²) in [5, 5.41) is 0. The van der Waals surface area contributed by atoms with E-state index in [0.717, 1.165) is 50.2 Å². The van der Waals surface area contributed by atoms with Gasteiger partial charge in [-0.25, -0.2) is 4.98 Å². The number of hydrogen-bond donors (Lipinski definition) is 1. The quantitative estimate of drug-likeness (QED) is 0.809. The summed E-state index contributed by atoms with van der Waals surface area (Å²) < 4.78 is 0. The minimum absolute atomic E-state index is 0.0756. The minimum Gasteiger partial charge on any atom is -0.307 e. The van der Waals surface area contributed by atoms with Crippen molar-refractivity contribution >= 4 is 0 Å². The fraction of sp³-hybridized carbons (Fsp3) is 0.474. The molecule has 0 radical (unpaired) electrons. The van der Waals surface area contributed by atoms with Gasteiger partial charge in [-0.2, -0.15) is 0 Å². The van der Waals surface area contributed by atoms with Gasteiger partial charge in [-0.05, 0) is 31.5 Å². The van der Waals surface area contributed by atoms with E-state index < -0.39 is 0 Å². The zero-order valence-electron chi connectivity index (χ0n) is 14.4. The number of aromatic nitrogens is 2. The van der Waals surface area contributed by atoms with Crippen molar-refractivity contribution in [2.45, 2.75) is 46.6 Å². The van der Waals surface area contributed by atoms with Gasteiger partial charge in [0.2, 0.25) is 0 Å². The zero-order chi connectivity index (χ0) is 16.7. The van der Waals surface area contributed by atoms with Crippen LogP contribution in [0, 0.1) is 0 Å². The van der Waals surface area contributed by atoms with Crippen LogP contribution in [0.15, 0.2) is 35.1 Å². The summed E-state index contributed by atoms with van der Waals surface area (Å²) in [4.78, 5) is 21.7. The summed E-state index contributed by atoms with van der Waals surface area (Å²) >= 11 is 0. The first-order chi connectivity index (χ1) is 11.2. The predicted molar refractivity (Wildman–Crippen MR) is 95.5 cm³/mol. The van der Waals surface area contributed by atoms with Crippen LogP contribution < -0.4 is 5.56 Å². The molecule has 1 N–H and O–H groups in total. The molecule has 0 bridgehead atoms. The van der Waals surface area contributed by atoms with Crippen LogP contribution in [0.4, 0.5) is 0 Å². The maximum atomic E-state index is 11.8. The third kappa shape index (κ3) is 5.03. The van der Waals surface area contributed by atoms with Gasteiger partial charge in [0.25, 0.3) is 5.56 Å². The zero-order valence-corrected chi connectivity index (χ0v) is 14.4. The molecule has 1 heterocycles. The molecule has 0 aliphatic heterocycles. The molecule has 2 rings (SSSR count). The molecule has 0 amide bonds. The summed E-state index contributed by atoms with van der Waals surface area (Å²) in [6, 6.07) is 9.92. The highest BCUT2D eigenvalue weighted by atomic mass is 16.1. The molecule has 0 fully saturated rings. The van der Waals surface area contributed by atoms with Gasteiger partial charge in [0.15, 0.2) is 0 Å². The van der Waals surface area contributed by atoms with Gasteiger partial charge < -0.3 is 4.98 Å². The highest BCUT2D eigenvalue weighted by Gasteiger charge is 2.06. The maximum Gasteiger partial charge on any atom is 0.251 e. The molecular weight excluding hydrogens is 286 g/mol. The van der Waals surface area contributed by atoms with Crippen LogP contribution in [0.5, 0.6) is 0 Å².